The van der Waals surface area contributed by atoms with Crippen molar-refractivity contribution in [1.82, 2.24) is 24.6 Å². The smallest absolute Gasteiger partial charge is 0.262 e. The maximum absolute atomic E-state index is 12.6. The fourth-order valence-electron chi connectivity index (χ4n) is 3.61. The van der Waals surface area contributed by atoms with E-state index in [9.17, 15) is 4.79 Å². The minimum atomic E-state index is -0.133. The van der Waals surface area contributed by atoms with Crippen molar-refractivity contribution in [3.8, 4) is 5.69 Å². The SMILES string of the molecule is CCC(CC)N(Cc1nc2c(cnn2-c2ccccc2)c(=O)[nH]1)CC(C)C. The lowest BCUT2D eigenvalue weighted by atomic mass is 10.1. The van der Waals surface area contributed by atoms with Gasteiger partial charge in [0.2, 0.25) is 0 Å². The molecule has 0 saturated heterocycles. The van der Waals surface area contributed by atoms with Crippen molar-refractivity contribution in [2.45, 2.75) is 53.1 Å². The molecule has 3 rings (SSSR count). The number of hydrogen-bond acceptors (Lipinski definition) is 4. The third kappa shape index (κ3) is 4.27. The van der Waals surface area contributed by atoms with Gasteiger partial charge in [0.25, 0.3) is 5.56 Å². The Morgan fingerprint density at radius 3 is 2.48 bits per heavy atom. The number of para-hydroxylation sites is 1. The van der Waals surface area contributed by atoms with Crippen LogP contribution >= 0.6 is 0 Å². The van der Waals surface area contributed by atoms with Gasteiger partial charge in [-0.15, -0.1) is 0 Å². The molecule has 2 heterocycles. The number of fused-ring (bicyclic) bond motifs is 1. The van der Waals surface area contributed by atoms with E-state index in [1.54, 1.807) is 10.9 Å². The second-order valence-electron chi connectivity index (χ2n) is 7.44. The number of nitrogens with zero attached hydrogens (tertiary/aromatic N) is 4. The normalized spacial score (nSPS) is 12.0. The third-order valence-electron chi connectivity index (χ3n) is 4.90. The molecule has 2 aromatic heterocycles. The van der Waals surface area contributed by atoms with Gasteiger partial charge in [0.15, 0.2) is 5.65 Å². The maximum atomic E-state index is 12.6. The second-order valence-corrected chi connectivity index (χ2v) is 7.44. The van der Waals surface area contributed by atoms with E-state index in [1.807, 2.05) is 30.3 Å². The van der Waals surface area contributed by atoms with E-state index in [0.29, 0.717) is 35.4 Å². The first kappa shape index (κ1) is 19.3. The summed E-state index contributed by atoms with van der Waals surface area (Å²) >= 11 is 0. The number of hydrogen-bond donors (Lipinski definition) is 1. The molecule has 1 N–H and O–H groups in total. The molecule has 0 spiro atoms. The highest BCUT2D eigenvalue weighted by atomic mass is 16.1. The van der Waals surface area contributed by atoms with Crippen LogP contribution in [0.5, 0.6) is 0 Å². The van der Waals surface area contributed by atoms with Crippen LogP contribution in [0.4, 0.5) is 0 Å². The van der Waals surface area contributed by atoms with E-state index < -0.39 is 0 Å². The Hall–Kier alpha value is -2.47. The van der Waals surface area contributed by atoms with Gasteiger partial charge >= 0.3 is 0 Å². The van der Waals surface area contributed by atoms with Crippen molar-refractivity contribution >= 4 is 11.0 Å². The molecule has 6 nitrogen and oxygen atoms in total. The molecule has 0 bridgehead atoms. The van der Waals surface area contributed by atoms with E-state index in [1.165, 1.54) is 0 Å². The van der Waals surface area contributed by atoms with E-state index in [4.69, 9.17) is 4.98 Å². The van der Waals surface area contributed by atoms with Gasteiger partial charge < -0.3 is 4.98 Å². The first-order valence-electron chi connectivity index (χ1n) is 9.79. The molecule has 0 atom stereocenters. The van der Waals surface area contributed by atoms with E-state index in [2.05, 4.69) is 42.7 Å². The topological polar surface area (TPSA) is 66.8 Å². The Morgan fingerprint density at radius 1 is 1.15 bits per heavy atom. The summed E-state index contributed by atoms with van der Waals surface area (Å²) in [5.41, 5.74) is 1.37. The number of aromatic amines is 1. The van der Waals surface area contributed by atoms with Crippen LogP contribution in [0.2, 0.25) is 0 Å². The van der Waals surface area contributed by atoms with Gasteiger partial charge in [-0.2, -0.15) is 5.10 Å². The summed E-state index contributed by atoms with van der Waals surface area (Å²) in [5, 5.41) is 4.90. The zero-order valence-corrected chi connectivity index (χ0v) is 16.6. The van der Waals surface area contributed by atoms with E-state index in [-0.39, 0.29) is 5.56 Å². The average molecular weight is 367 g/mol. The molecule has 0 saturated carbocycles. The van der Waals surface area contributed by atoms with Crippen molar-refractivity contribution in [2.75, 3.05) is 6.54 Å². The fraction of sp³-hybridized carbons (Fsp3) is 0.476. The molecule has 6 heteroatoms. The first-order valence-corrected chi connectivity index (χ1v) is 9.79. The fourth-order valence-corrected chi connectivity index (χ4v) is 3.61. The van der Waals surface area contributed by atoms with Crippen LogP contribution in [0.15, 0.2) is 41.3 Å². The maximum Gasteiger partial charge on any atom is 0.262 e. The lowest BCUT2D eigenvalue weighted by Crippen LogP contribution is -2.37. The molecule has 0 fully saturated rings. The van der Waals surface area contributed by atoms with Crippen molar-refractivity contribution in [1.29, 1.82) is 0 Å². The third-order valence-corrected chi connectivity index (χ3v) is 4.90. The lowest BCUT2D eigenvalue weighted by Gasteiger charge is -2.31. The van der Waals surface area contributed by atoms with Gasteiger partial charge in [-0.1, -0.05) is 45.9 Å². The van der Waals surface area contributed by atoms with E-state index >= 15 is 0 Å². The molecule has 0 amide bonds. The summed E-state index contributed by atoms with van der Waals surface area (Å²) in [4.78, 5) is 22.8. The Kier molecular flexibility index (Phi) is 6.06. The van der Waals surface area contributed by atoms with Crippen molar-refractivity contribution in [3.05, 3.63) is 52.7 Å². The van der Waals surface area contributed by atoms with Crippen LogP contribution in [0.25, 0.3) is 16.7 Å². The Labute approximate surface area is 160 Å². The lowest BCUT2D eigenvalue weighted by molar-refractivity contribution is 0.153. The van der Waals surface area contributed by atoms with Crippen molar-refractivity contribution in [2.24, 2.45) is 5.92 Å². The molecule has 0 radical (unpaired) electrons. The predicted octanol–water partition coefficient (Wildman–Crippen LogP) is 3.76. The quantitative estimate of drug-likeness (QED) is 0.658. The average Bonchev–Trinajstić information content (AvgIpc) is 3.07. The molecule has 0 unspecified atom stereocenters. The number of rotatable bonds is 8. The van der Waals surface area contributed by atoms with Crippen LogP contribution in [-0.4, -0.2) is 37.2 Å². The monoisotopic (exact) mass is 367 g/mol. The summed E-state index contributed by atoms with van der Waals surface area (Å²) in [5.74, 6) is 1.24. The largest absolute Gasteiger partial charge is 0.309 e. The molecule has 0 aliphatic carbocycles. The molecular formula is C21H29N5O. The van der Waals surface area contributed by atoms with Crippen LogP contribution in [0.3, 0.4) is 0 Å². The summed E-state index contributed by atoms with van der Waals surface area (Å²) in [7, 11) is 0. The molecular weight excluding hydrogens is 338 g/mol. The molecule has 144 valence electrons. The summed E-state index contributed by atoms with van der Waals surface area (Å²) in [6.45, 7) is 10.5. The molecule has 3 aromatic rings. The zero-order valence-electron chi connectivity index (χ0n) is 16.6. The van der Waals surface area contributed by atoms with Gasteiger partial charge in [0.05, 0.1) is 18.4 Å². The van der Waals surface area contributed by atoms with Crippen LogP contribution in [0.1, 0.15) is 46.4 Å². The Balaban J connectivity index is 2.00. The number of H-pyrrole nitrogens is 1. The predicted molar refractivity (Wildman–Crippen MR) is 109 cm³/mol. The Morgan fingerprint density at radius 2 is 1.85 bits per heavy atom. The highest BCUT2D eigenvalue weighted by molar-refractivity contribution is 5.75. The minimum absolute atomic E-state index is 0.133. The number of benzene rings is 1. The standard InChI is InChI=1S/C21H29N5O/c1-5-16(6-2)25(13-15(3)4)14-19-23-20-18(21(27)24-19)12-22-26(20)17-10-8-7-9-11-17/h7-12,15-16H,5-6,13-14H2,1-4H3,(H,23,24,27). The zero-order chi connectivity index (χ0) is 19.4. The minimum Gasteiger partial charge on any atom is -0.309 e. The summed E-state index contributed by atoms with van der Waals surface area (Å²) in [6.07, 6.45) is 3.75. The van der Waals surface area contributed by atoms with Crippen molar-refractivity contribution < 1.29 is 0 Å². The first-order chi connectivity index (χ1) is 13.0. The number of aromatic nitrogens is 4. The van der Waals surface area contributed by atoms with Crippen molar-refractivity contribution in [3.63, 3.8) is 0 Å². The summed E-state index contributed by atoms with van der Waals surface area (Å²) < 4.78 is 1.73. The van der Waals surface area contributed by atoms with Gasteiger partial charge in [-0.05, 0) is 30.9 Å². The van der Waals surface area contributed by atoms with Crippen LogP contribution in [-0.2, 0) is 6.54 Å². The number of nitrogens with one attached hydrogen (secondary N) is 1. The van der Waals surface area contributed by atoms with Crippen LogP contribution < -0.4 is 5.56 Å². The van der Waals surface area contributed by atoms with Gasteiger partial charge in [0, 0.05) is 12.6 Å². The highest BCUT2D eigenvalue weighted by Crippen LogP contribution is 2.17. The van der Waals surface area contributed by atoms with Crippen LogP contribution in [0, 0.1) is 5.92 Å². The van der Waals surface area contributed by atoms with Gasteiger partial charge in [-0.3, -0.25) is 9.69 Å². The second kappa shape index (κ2) is 8.48. The molecule has 27 heavy (non-hydrogen) atoms. The van der Waals surface area contributed by atoms with E-state index in [0.717, 1.165) is 25.1 Å². The molecule has 0 aliphatic rings. The Bertz CT molecular complexity index is 925. The molecule has 0 aliphatic heterocycles. The highest BCUT2D eigenvalue weighted by Gasteiger charge is 2.19. The summed E-state index contributed by atoms with van der Waals surface area (Å²) in [6, 6.07) is 10.3. The van der Waals surface area contributed by atoms with Gasteiger partial charge in [0.1, 0.15) is 11.2 Å². The molecule has 1 aromatic carbocycles. The van der Waals surface area contributed by atoms with Gasteiger partial charge in [-0.25, -0.2) is 9.67 Å².